The van der Waals surface area contributed by atoms with Gasteiger partial charge < -0.3 is 4.42 Å². The Kier molecular flexibility index (Phi) is 8.08. The van der Waals surface area contributed by atoms with Crippen LogP contribution in [0.15, 0.2) is 223 Å². The lowest BCUT2D eigenvalue weighted by Gasteiger charge is -2.13. The summed E-state index contributed by atoms with van der Waals surface area (Å²) in [5.74, 6) is 1.75. The Morgan fingerprint density at radius 3 is 1.24 bits per heavy atom. The van der Waals surface area contributed by atoms with Crippen LogP contribution in [0.1, 0.15) is 0 Å². The fourth-order valence-electron chi connectivity index (χ4n) is 10.1. The molecule has 0 saturated carbocycles. The highest BCUT2D eigenvalue weighted by Gasteiger charge is 2.20. The van der Waals surface area contributed by atoms with E-state index in [-0.39, 0.29) is 0 Å². The van der Waals surface area contributed by atoms with Crippen LogP contribution in [0, 0.1) is 0 Å². The normalized spacial score (nSPS) is 11.9. The zero-order valence-corrected chi connectivity index (χ0v) is 36.2. The summed E-state index contributed by atoms with van der Waals surface area (Å²) in [6.07, 6.45) is 0. The van der Waals surface area contributed by atoms with E-state index in [1.165, 1.54) is 26.2 Å². The summed E-state index contributed by atoms with van der Waals surface area (Å²) in [7, 11) is 0. The molecule has 14 aromatic rings. The van der Waals surface area contributed by atoms with E-state index in [0.717, 1.165) is 105 Å². The Hall–Kier alpha value is -8.58. The lowest BCUT2D eigenvalue weighted by molar-refractivity contribution is 0.678. The van der Waals surface area contributed by atoms with Crippen molar-refractivity contribution in [2.45, 2.75) is 0 Å². The molecule has 0 spiro atoms. The fraction of sp³-hybridized carbons (Fsp3) is 0. The van der Waals surface area contributed by atoms with Crippen molar-refractivity contribution in [1.82, 2.24) is 19.1 Å². The van der Waals surface area contributed by atoms with Crippen LogP contribution in [0.25, 0.3) is 131 Å². The molecule has 0 aliphatic rings. The zero-order chi connectivity index (χ0) is 43.3. The second-order valence-corrected chi connectivity index (χ2v) is 18.0. The average Bonchev–Trinajstić information content (AvgIpc) is 4.13. The summed E-state index contributed by atoms with van der Waals surface area (Å²) in [6, 6.07) is 77.8. The highest BCUT2D eigenvalue weighted by molar-refractivity contribution is 7.25. The van der Waals surface area contributed by atoms with Gasteiger partial charge in [-0.05, 0) is 101 Å². The van der Waals surface area contributed by atoms with Crippen LogP contribution >= 0.6 is 11.3 Å². The summed E-state index contributed by atoms with van der Waals surface area (Å²) in [6.45, 7) is 0. The monoisotopic (exact) mass is 860 g/mol. The average molecular weight is 861 g/mol. The first-order valence-electron chi connectivity index (χ1n) is 22.2. The lowest BCUT2D eigenvalue weighted by Crippen LogP contribution is -2.00. The van der Waals surface area contributed by atoms with Crippen molar-refractivity contribution in [2.75, 3.05) is 0 Å². The van der Waals surface area contributed by atoms with E-state index < -0.39 is 0 Å². The van der Waals surface area contributed by atoms with E-state index >= 15 is 0 Å². The number of thiophene rings is 1. The molecule has 6 aromatic heterocycles. The molecule has 14 rings (SSSR count). The van der Waals surface area contributed by atoms with Gasteiger partial charge in [0.25, 0.3) is 0 Å². The SMILES string of the molecule is c1ccc(-c2cc(-c3ccc4oc5sc6ccc(-c7cc(-c8ccccc8)cc(-n8c9ccccc9c9ccccc98)n7)cc6c5c4c3)nc(-n3c4ccccc4c4ccccc43)c2)cc1. The molecule has 6 heterocycles. The minimum atomic E-state index is 0.854. The Bertz CT molecular complexity index is 3860. The van der Waals surface area contributed by atoms with Crippen molar-refractivity contribution < 1.29 is 4.42 Å². The number of aromatic nitrogens is 4. The van der Waals surface area contributed by atoms with Gasteiger partial charge in [0.2, 0.25) is 0 Å². The Morgan fingerprint density at radius 2 is 0.758 bits per heavy atom. The maximum Gasteiger partial charge on any atom is 0.190 e. The van der Waals surface area contributed by atoms with Crippen LogP contribution in [-0.2, 0) is 0 Å². The maximum absolute atomic E-state index is 6.65. The van der Waals surface area contributed by atoms with Gasteiger partial charge in [0.15, 0.2) is 4.90 Å². The van der Waals surface area contributed by atoms with Crippen LogP contribution < -0.4 is 0 Å². The molecule has 0 unspecified atom stereocenters. The summed E-state index contributed by atoms with van der Waals surface area (Å²) in [4.78, 5) is 11.9. The van der Waals surface area contributed by atoms with Crippen LogP contribution in [-0.4, -0.2) is 19.1 Å². The summed E-state index contributed by atoms with van der Waals surface area (Å²) in [5.41, 5.74) is 13.7. The highest BCUT2D eigenvalue weighted by Crippen LogP contribution is 2.44. The molecular formula is C60H36N4OS. The Labute approximate surface area is 382 Å². The highest BCUT2D eigenvalue weighted by atomic mass is 32.1. The van der Waals surface area contributed by atoms with Gasteiger partial charge in [-0.1, -0.05) is 151 Å². The molecule has 0 saturated heterocycles. The Balaban J connectivity index is 0.957. The maximum atomic E-state index is 6.65. The number of furan rings is 1. The lowest BCUT2D eigenvalue weighted by atomic mass is 10.0. The third kappa shape index (κ3) is 5.72. The number of nitrogens with zero attached hydrogens (tertiary/aromatic N) is 4. The van der Waals surface area contributed by atoms with E-state index in [2.05, 4.69) is 228 Å². The molecule has 0 atom stereocenters. The molecular weight excluding hydrogens is 825 g/mol. The summed E-state index contributed by atoms with van der Waals surface area (Å²) >= 11 is 1.69. The number of para-hydroxylation sites is 4. The van der Waals surface area contributed by atoms with Crippen molar-refractivity contribution in [1.29, 1.82) is 0 Å². The van der Waals surface area contributed by atoms with Gasteiger partial charge in [0, 0.05) is 53.5 Å². The van der Waals surface area contributed by atoms with Gasteiger partial charge in [-0.25, -0.2) is 9.97 Å². The van der Waals surface area contributed by atoms with Gasteiger partial charge >= 0.3 is 0 Å². The third-order valence-corrected chi connectivity index (χ3v) is 14.2. The fourth-order valence-corrected chi connectivity index (χ4v) is 11.2. The smallest absolute Gasteiger partial charge is 0.190 e. The van der Waals surface area contributed by atoms with E-state index in [1.54, 1.807) is 11.3 Å². The molecule has 6 heteroatoms. The molecule has 0 fully saturated rings. The van der Waals surface area contributed by atoms with Gasteiger partial charge in [-0.2, -0.15) is 0 Å². The van der Waals surface area contributed by atoms with Gasteiger partial charge in [0.05, 0.1) is 33.5 Å². The van der Waals surface area contributed by atoms with Gasteiger partial charge in [0.1, 0.15) is 17.2 Å². The van der Waals surface area contributed by atoms with E-state index in [0.29, 0.717) is 0 Å². The summed E-state index contributed by atoms with van der Waals surface area (Å²) < 4.78 is 12.4. The molecule has 8 aromatic carbocycles. The van der Waals surface area contributed by atoms with E-state index in [1.807, 2.05) is 0 Å². The molecule has 308 valence electrons. The van der Waals surface area contributed by atoms with Crippen LogP contribution in [0.3, 0.4) is 0 Å². The number of benzene rings is 8. The van der Waals surface area contributed by atoms with Gasteiger partial charge in [-0.3, -0.25) is 9.13 Å². The second-order valence-electron chi connectivity index (χ2n) is 17.0. The molecule has 0 N–H and O–H groups in total. The molecule has 0 bridgehead atoms. The minimum Gasteiger partial charge on any atom is -0.445 e. The predicted octanol–water partition coefficient (Wildman–Crippen LogP) is 16.5. The quantitative estimate of drug-likeness (QED) is 0.167. The molecule has 0 aliphatic carbocycles. The van der Waals surface area contributed by atoms with Crippen molar-refractivity contribution in [3.8, 4) is 56.4 Å². The number of rotatable bonds is 6. The first-order chi connectivity index (χ1) is 32.7. The summed E-state index contributed by atoms with van der Waals surface area (Å²) in [5, 5.41) is 8.14. The predicted molar refractivity (Wildman–Crippen MR) is 275 cm³/mol. The minimum absolute atomic E-state index is 0.854. The van der Waals surface area contributed by atoms with Crippen molar-refractivity contribution >= 4 is 86.3 Å². The molecule has 0 radical (unpaired) electrons. The van der Waals surface area contributed by atoms with Crippen molar-refractivity contribution in [3.05, 3.63) is 218 Å². The molecule has 5 nitrogen and oxygen atoms in total. The first kappa shape index (κ1) is 36.9. The molecule has 0 aliphatic heterocycles. The van der Waals surface area contributed by atoms with Crippen molar-refractivity contribution in [3.63, 3.8) is 0 Å². The number of hydrogen-bond acceptors (Lipinski definition) is 4. The standard InChI is InChI=1S/C60H36N4OS/c1-3-15-37(16-4-1)41-33-49(61-57(35-41)63-51-23-11-7-19-43(51)44-20-8-12-24-52(44)63)39-27-29-55-47(31-39)59-48-32-40(28-30-56(48)66-60(59)65-55)50-34-42(38-17-5-2-6-18-38)36-58(62-50)64-53-25-13-9-21-45(53)46-22-10-14-26-54(46)64/h1-36H. The zero-order valence-electron chi connectivity index (χ0n) is 35.4. The number of hydrogen-bond donors (Lipinski definition) is 0. The number of fused-ring (bicyclic) bond motifs is 11. The van der Waals surface area contributed by atoms with E-state index in [9.17, 15) is 0 Å². The van der Waals surface area contributed by atoms with Crippen LogP contribution in [0.2, 0.25) is 0 Å². The van der Waals surface area contributed by atoms with Crippen molar-refractivity contribution in [2.24, 2.45) is 0 Å². The van der Waals surface area contributed by atoms with E-state index in [4.69, 9.17) is 14.4 Å². The second kappa shape index (κ2) is 14.5. The van der Waals surface area contributed by atoms with Crippen LogP contribution in [0.5, 0.6) is 0 Å². The Morgan fingerprint density at radius 1 is 0.333 bits per heavy atom. The van der Waals surface area contributed by atoms with Crippen LogP contribution in [0.4, 0.5) is 0 Å². The molecule has 66 heavy (non-hydrogen) atoms. The number of pyridine rings is 2. The first-order valence-corrected chi connectivity index (χ1v) is 23.0. The van der Waals surface area contributed by atoms with Gasteiger partial charge in [-0.15, -0.1) is 0 Å². The third-order valence-electron chi connectivity index (χ3n) is 13.2. The molecule has 0 amide bonds. The topological polar surface area (TPSA) is 48.8 Å². The largest absolute Gasteiger partial charge is 0.445 e.